The Morgan fingerprint density at radius 2 is 2.00 bits per heavy atom. The number of methoxy groups -OCH3 is 1. The van der Waals surface area contributed by atoms with E-state index in [9.17, 15) is 4.79 Å². The first-order valence-corrected chi connectivity index (χ1v) is 7.45. The van der Waals surface area contributed by atoms with Gasteiger partial charge >= 0.3 is 0 Å². The number of benzene rings is 2. The van der Waals surface area contributed by atoms with Gasteiger partial charge in [0, 0.05) is 18.1 Å². The van der Waals surface area contributed by atoms with Gasteiger partial charge in [-0.1, -0.05) is 23.8 Å². The number of aryl methyl sites for hydroxylation is 1. The quantitative estimate of drug-likeness (QED) is 0.835. The predicted molar refractivity (Wildman–Crippen MR) is 87.7 cm³/mol. The van der Waals surface area contributed by atoms with Crippen molar-refractivity contribution in [3.63, 3.8) is 0 Å². The van der Waals surface area contributed by atoms with E-state index in [-0.39, 0.29) is 5.91 Å². The molecule has 4 heteroatoms. The zero-order valence-electron chi connectivity index (χ0n) is 12.4. The van der Waals surface area contributed by atoms with Crippen molar-refractivity contribution >= 4 is 21.8 Å². The summed E-state index contributed by atoms with van der Waals surface area (Å²) in [5.74, 6) is 0.790. The fraction of sp³-hybridized carbons (Fsp3) is 0.235. The highest BCUT2D eigenvalue weighted by molar-refractivity contribution is 9.10. The maximum absolute atomic E-state index is 12.5. The van der Waals surface area contributed by atoms with E-state index in [4.69, 9.17) is 4.74 Å². The highest BCUT2D eigenvalue weighted by Gasteiger charge is 2.15. The Labute approximate surface area is 133 Å². The van der Waals surface area contributed by atoms with Crippen molar-refractivity contribution in [2.24, 2.45) is 0 Å². The lowest BCUT2D eigenvalue weighted by Crippen LogP contribution is -2.26. The summed E-state index contributed by atoms with van der Waals surface area (Å²) in [6.45, 7) is 2.52. The first kappa shape index (κ1) is 15.6. The van der Waals surface area contributed by atoms with Gasteiger partial charge in [-0.2, -0.15) is 0 Å². The summed E-state index contributed by atoms with van der Waals surface area (Å²) < 4.78 is 6.02. The Morgan fingerprint density at radius 1 is 1.24 bits per heavy atom. The molecule has 2 aromatic carbocycles. The molecule has 0 aromatic heterocycles. The summed E-state index contributed by atoms with van der Waals surface area (Å²) in [6.07, 6.45) is 0. The van der Waals surface area contributed by atoms with Crippen molar-refractivity contribution in [2.75, 3.05) is 14.2 Å². The average molecular weight is 348 g/mol. The molecule has 0 aliphatic rings. The van der Waals surface area contributed by atoms with Crippen LogP contribution in [-0.4, -0.2) is 25.0 Å². The lowest BCUT2D eigenvalue weighted by atomic mass is 10.1. The van der Waals surface area contributed by atoms with Crippen molar-refractivity contribution < 1.29 is 9.53 Å². The molecule has 21 heavy (non-hydrogen) atoms. The third kappa shape index (κ3) is 3.85. The molecule has 0 fully saturated rings. The lowest BCUT2D eigenvalue weighted by Gasteiger charge is -2.18. The summed E-state index contributed by atoms with van der Waals surface area (Å²) in [5, 5.41) is 0. The van der Waals surface area contributed by atoms with Crippen LogP contribution in [0.5, 0.6) is 5.75 Å². The molecular formula is C17H18BrNO2. The van der Waals surface area contributed by atoms with Gasteiger partial charge in [0.25, 0.3) is 5.91 Å². The standard InChI is InChI=1S/C17H18BrNO2/c1-12-7-8-16(18)15(9-12)17(20)19(2)11-13-5-4-6-14(10-13)21-3/h4-10H,11H2,1-3H3. The van der Waals surface area contributed by atoms with Crippen LogP contribution < -0.4 is 4.74 Å². The van der Waals surface area contributed by atoms with Crippen molar-refractivity contribution in [3.8, 4) is 5.75 Å². The fourth-order valence-electron chi connectivity index (χ4n) is 2.13. The van der Waals surface area contributed by atoms with Crippen LogP contribution in [0.3, 0.4) is 0 Å². The van der Waals surface area contributed by atoms with E-state index in [1.54, 1.807) is 19.1 Å². The second-order valence-corrected chi connectivity index (χ2v) is 5.85. The molecule has 0 aliphatic heterocycles. The van der Waals surface area contributed by atoms with Gasteiger partial charge in [-0.3, -0.25) is 4.79 Å². The minimum atomic E-state index is -0.00612. The van der Waals surface area contributed by atoms with E-state index in [1.807, 2.05) is 49.4 Å². The number of rotatable bonds is 4. The van der Waals surface area contributed by atoms with Gasteiger partial charge in [-0.05, 0) is 52.7 Å². The Morgan fingerprint density at radius 3 is 2.71 bits per heavy atom. The monoisotopic (exact) mass is 347 g/mol. The Bertz CT molecular complexity index is 655. The molecule has 3 nitrogen and oxygen atoms in total. The van der Waals surface area contributed by atoms with E-state index in [0.29, 0.717) is 12.1 Å². The molecule has 0 atom stereocenters. The zero-order chi connectivity index (χ0) is 15.4. The maximum atomic E-state index is 12.5. The van der Waals surface area contributed by atoms with Gasteiger partial charge in [0.1, 0.15) is 5.75 Å². The predicted octanol–water partition coefficient (Wildman–Crippen LogP) is 4.04. The van der Waals surface area contributed by atoms with Gasteiger partial charge in [-0.25, -0.2) is 0 Å². The molecule has 0 saturated heterocycles. The number of hydrogen-bond acceptors (Lipinski definition) is 2. The third-order valence-electron chi connectivity index (χ3n) is 3.25. The minimum absolute atomic E-state index is 0.00612. The molecule has 0 spiro atoms. The van der Waals surface area contributed by atoms with E-state index in [1.165, 1.54) is 0 Å². The van der Waals surface area contributed by atoms with Gasteiger partial charge < -0.3 is 9.64 Å². The SMILES string of the molecule is COc1cccc(CN(C)C(=O)c2cc(C)ccc2Br)c1. The molecule has 2 rings (SSSR count). The highest BCUT2D eigenvalue weighted by atomic mass is 79.9. The summed E-state index contributed by atoms with van der Waals surface area (Å²) in [6, 6.07) is 13.5. The molecule has 110 valence electrons. The third-order valence-corrected chi connectivity index (χ3v) is 3.94. The molecule has 0 saturated carbocycles. The van der Waals surface area contributed by atoms with E-state index >= 15 is 0 Å². The number of carbonyl (C=O) groups excluding carboxylic acids is 1. The van der Waals surface area contributed by atoms with Gasteiger partial charge in [0.15, 0.2) is 0 Å². The summed E-state index contributed by atoms with van der Waals surface area (Å²) in [5.41, 5.74) is 2.78. The first-order valence-electron chi connectivity index (χ1n) is 6.66. The van der Waals surface area contributed by atoms with E-state index < -0.39 is 0 Å². The van der Waals surface area contributed by atoms with E-state index in [0.717, 1.165) is 21.3 Å². The molecular weight excluding hydrogens is 330 g/mol. The molecule has 0 aliphatic carbocycles. The van der Waals surface area contributed by atoms with Crippen LogP contribution >= 0.6 is 15.9 Å². The van der Waals surface area contributed by atoms with Crippen molar-refractivity contribution in [2.45, 2.75) is 13.5 Å². The van der Waals surface area contributed by atoms with Crippen LogP contribution in [0.15, 0.2) is 46.9 Å². The van der Waals surface area contributed by atoms with Crippen LogP contribution in [0, 0.1) is 6.92 Å². The van der Waals surface area contributed by atoms with Crippen LogP contribution in [0.1, 0.15) is 21.5 Å². The smallest absolute Gasteiger partial charge is 0.255 e. The lowest BCUT2D eigenvalue weighted by molar-refractivity contribution is 0.0784. The number of carbonyl (C=O) groups is 1. The molecule has 0 radical (unpaired) electrons. The topological polar surface area (TPSA) is 29.5 Å². The number of hydrogen-bond donors (Lipinski definition) is 0. The van der Waals surface area contributed by atoms with Gasteiger partial charge in [0.2, 0.25) is 0 Å². The highest BCUT2D eigenvalue weighted by Crippen LogP contribution is 2.21. The van der Waals surface area contributed by atoms with Crippen LogP contribution in [0.4, 0.5) is 0 Å². The van der Waals surface area contributed by atoms with Crippen molar-refractivity contribution in [3.05, 3.63) is 63.6 Å². The largest absolute Gasteiger partial charge is 0.497 e. The molecule has 2 aromatic rings. The van der Waals surface area contributed by atoms with Crippen molar-refractivity contribution in [1.29, 1.82) is 0 Å². The number of nitrogens with zero attached hydrogens (tertiary/aromatic N) is 1. The Hall–Kier alpha value is -1.81. The summed E-state index contributed by atoms with van der Waals surface area (Å²) >= 11 is 3.44. The molecule has 0 heterocycles. The Kier molecular flexibility index (Phi) is 5.02. The summed E-state index contributed by atoms with van der Waals surface area (Å²) in [4.78, 5) is 14.2. The average Bonchev–Trinajstić information content (AvgIpc) is 2.49. The second-order valence-electron chi connectivity index (χ2n) is 5.00. The molecule has 0 bridgehead atoms. The fourth-order valence-corrected chi connectivity index (χ4v) is 2.54. The van der Waals surface area contributed by atoms with Crippen LogP contribution in [0.2, 0.25) is 0 Å². The van der Waals surface area contributed by atoms with Gasteiger partial charge in [-0.15, -0.1) is 0 Å². The molecule has 1 amide bonds. The van der Waals surface area contributed by atoms with E-state index in [2.05, 4.69) is 15.9 Å². The first-order chi connectivity index (χ1) is 10.0. The second kappa shape index (κ2) is 6.76. The summed E-state index contributed by atoms with van der Waals surface area (Å²) in [7, 11) is 3.44. The maximum Gasteiger partial charge on any atom is 0.255 e. The normalized spacial score (nSPS) is 10.3. The van der Waals surface area contributed by atoms with Crippen LogP contribution in [-0.2, 0) is 6.54 Å². The number of halogens is 1. The number of amides is 1. The molecule has 0 N–H and O–H groups in total. The molecule has 0 unspecified atom stereocenters. The Balaban J connectivity index is 2.17. The van der Waals surface area contributed by atoms with Gasteiger partial charge in [0.05, 0.1) is 12.7 Å². The van der Waals surface area contributed by atoms with Crippen LogP contribution in [0.25, 0.3) is 0 Å². The number of ether oxygens (including phenoxy) is 1. The zero-order valence-corrected chi connectivity index (χ0v) is 14.0. The minimum Gasteiger partial charge on any atom is -0.497 e. The van der Waals surface area contributed by atoms with Crippen molar-refractivity contribution in [1.82, 2.24) is 4.90 Å².